The molecule has 0 bridgehead atoms. The van der Waals surface area contributed by atoms with Crippen LogP contribution in [-0.2, 0) is 9.59 Å². The first-order valence-electron chi connectivity index (χ1n) is 8.04. The van der Waals surface area contributed by atoms with Crippen LogP contribution in [0.1, 0.15) is 37.3 Å². The number of rotatable bonds is 5. The van der Waals surface area contributed by atoms with E-state index in [1.165, 1.54) is 0 Å². The van der Waals surface area contributed by atoms with Crippen molar-refractivity contribution in [2.24, 2.45) is 11.7 Å². The lowest BCUT2D eigenvalue weighted by Crippen LogP contribution is -2.46. The third kappa shape index (κ3) is 3.47. The number of nitrogens with two attached hydrogens (primary N) is 1. The van der Waals surface area contributed by atoms with Gasteiger partial charge in [-0.25, -0.2) is 0 Å². The van der Waals surface area contributed by atoms with Crippen LogP contribution in [0.3, 0.4) is 0 Å². The van der Waals surface area contributed by atoms with E-state index in [-0.39, 0.29) is 23.8 Å². The van der Waals surface area contributed by atoms with E-state index in [0.29, 0.717) is 6.04 Å². The second-order valence-electron chi connectivity index (χ2n) is 6.31. The summed E-state index contributed by atoms with van der Waals surface area (Å²) in [7, 11) is 0. The maximum absolute atomic E-state index is 12.7. The lowest BCUT2D eigenvalue weighted by Gasteiger charge is -2.36. The molecule has 0 aromatic heterocycles. The SMILES string of the molecule is NC(=O)C1CCN(C(C(=O)NC2CC2)c2ccccc2)CC1. The summed E-state index contributed by atoms with van der Waals surface area (Å²) in [5, 5.41) is 3.11. The Labute approximate surface area is 130 Å². The Kier molecular flexibility index (Phi) is 4.43. The van der Waals surface area contributed by atoms with E-state index in [2.05, 4.69) is 10.2 Å². The van der Waals surface area contributed by atoms with E-state index in [9.17, 15) is 9.59 Å². The van der Waals surface area contributed by atoms with Crippen LogP contribution < -0.4 is 11.1 Å². The fourth-order valence-corrected chi connectivity index (χ4v) is 3.11. The molecule has 1 aliphatic carbocycles. The van der Waals surface area contributed by atoms with Gasteiger partial charge >= 0.3 is 0 Å². The Morgan fingerprint density at radius 2 is 1.73 bits per heavy atom. The fourth-order valence-electron chi connectivity index (χ4n) is 3.11. The van der Waals surface area contributed by atoms with Gasteiger partial charge in [0.2, 0.25) is 11.8 Å². The number of primary amides is 1. The van der Waals surface area contributed by atoms with E-state index < -0.39 is 0 Å². The van der Waals surface area contributed by atoms with Gasteiger partial charge in [0.15, 0.2) is 0 Å². The van der Waals surface area contributed by atoms with Crippen molar-refractivity contribution in [2.75, 3.05) is 13.1 Å². The van der Waals surface area contributed by atoms with Crippen LogP contribution in [0, 0.1) is 5.92 Å². The molecule has 3 N–H and O–H groups in total. The predicted molar refractivity (Wildman–Crippen MR) is 83.8 cm³/mol. The maximum Gasteiger partial charge on any atom is 0.242 e. The average Bonchev–Trinajstić information content (AvgIpc) is 3.33. The Morgan fingerprint density at radius 1 is 1.09 bits per heavy atom. The lowest BCUT2D eigenvalue weighted by molar-refractivity contribution is -0.128. The number of benzene rings is 1. The zero-order chi connectivity index (χ0) is 15.5. The minimum Gasteiger partial charge on any atom is -0.369 e. The normalized spacial score (nSPS) is 21.3. The standard InChI is InChI=1S/C17H23N3O2/c18-16(21)13-8-10-20(11-9-13)15(12-4-2-1-3-5-12)17(22)19-14-6-7-14/h1-5,13-15H,6-11H2,(H2,18,21)(H,19,22). The van der Waals surface area contributed by atoms with Gasteiger partial charge in [-0.1, -0.05) is 30.3 Å². The van der Waals surface area contributed by atoms with Crippen molar-refractivity contribution in [3.05, 3.63) is 35.9 Å². The molecule has 1 saturated carbocycles. The topological polar surface area (TPSA) is 75.4 Å². The predicted octanol–water partition coefficient (Wildman–Crippen LogP) is 1.20. The first-order chi connectivity index (χ1) is 10.6. The lowest BCUT2D eigenvalue weighted by atomic mass is 9.93. The van der Waals surface area contributed by atoms with Crippen LogP contribution in [0.5, 0.6) is 0 Å². The highest BCUT2D eigenvalue weighted by atomic mass is 16.2. The highest BCUT2D eigenvalue weighted by molar-refractivity contribution is 5.84. The second kappa shape index (κ2) is 6.48. The van der Waals surface area contributed by atoms with Crippen LogP contribution in [-0.4, -0.2) is 35.8 Å². The molecule has 2 aliphatic rings. The Bertz CT molecular complexity index is 534. The van der Waals surface area contributed by atoms with Gasteiger partial charge in [-0.15, -0.1) is 0 Å². The van der Waals surface area contributed by atoms with Crippen molar-refractivity contribution >= 4 is 11.8 Å². The third-order valence-electron chi connectivity index (χ3n) is 4.58. The Balaban J connectivity index is 1.73. The van der Waals surface area contributed by atoms with Gasteiger partial charge in [-0.05, 0) is 44.3 Å². The molecule has 1 aliphatic heterocycles. The quantitative estimate of drug-likeness (QED) is 0.858. The molecular weight excluding hydrogens is 278 g/mol. The Morgan fingerprint density at radius 3 is 2.27 bits per heavy atom. The van der Waals surface area contributed by atoms with E-state index >= 15 is 0 Å². The molecule has 1 heterocycles. The summed E-state index contributed by atoms with van der Waals surface area (Å²) in [6.07, 6.45) is 3.62. The van der Waals surface area contributed by atoms with Crippen LogP contribution in [0.4, 0.5) is 0 Å². The van der Waals surface area contributed by atoms with Gasteiger partial charge in [0.05, 0.1) is 0 Å². The van der Waals surface area contributed by atoms with Gasteiger partial charge in [0.1, 0.15) is 6.04 Å². The minimum absolute atomic E-state index is 0.0563. The van der Waals surface area contributed by atoms with E-state index in [4.69, 9.17) is 5.73 Å². The molecule has 5 heteroatoms. The van der Waals surface area contributed by atoms with Crippen molar-refractivity contribution in [1.29, 1.82) is 0 Å². The van der Waals surface area contributed by atoms with E-state index in [1.54, 1.807) is 0 Å². The average molecular weight is 301 g/mol. The molecule has 1 aromatic rings. The smallest absolute Gasteiger partial charge is 0.242 e. The van der Waals surface area contributed by atoms with Crippen LogP contribution in [0.2, 0.25) is 0 Å². The van der Waals surface area contributed by atoms with Crippen molar-refractivity contribution < 1.29 is 9.59 Å². The molecule has 1 saturated heterocycles. The largest absolute Gasteiger partial charge is 0.369 e. The number of carbonyl (C=O) groups excluding carboxylic acids is 2. The van der Waals surface area contributed by atoms with Gasteiger partial charge in [0, 0.05) is 12.0 Å². The van der Waals surface area contributed by atoms with Crippen LogP contribution >= 0.6 is 0 Å². The summed E-state index contributed by atoms with van der Waals surface area (Å²) in [6.45, 7) is 1.45. The fraction of sp³-hybridized carbons (Fsp3) is 0.529. The summed E-state index contributed by atoms with van der Waals surface area (Å²) in [5.41, 5.74) is 6.41. The molecule has 2 fully saturated rings. The van der Waals surface area contributed by atoms with Crippen molar-refractivity contribution in [3.63, 3.8) is 0 Å². The molecule has 3 rings (SSSR count). The van der Waals surface area contributed by atoms with E-state index in [0.717, 1.165) is 44.3 Å². The molecule has 22 heavy (non-hydrogen) atoms. The molecule has 2 amide bonds. The zero-order valence-electron chi connectivity index (χ0n) is 12.7. The summed E-state index contributed by atoms with van der Waals surface area (Å²) in [4.78, 5) is 26.2. The summed E-state index contributed by atoms with van der Waals surface area (Å²) in [5.74, 6) is -0.205. The molecule has 1 unspecified atom stereocenters. The minimum atomic E-state index is -0.268. The number of nitrogens with one attached hydrogen (secondary N) is 1. The third-order valence-corrected chi connectivity index (χ3v) is 4.58. The van der Waals surface area contributed by atoms with Crippen LogP contribution in [0.15, 0.2) is 30.3 Å². The summed E-state index contributed by atoms with van der Waals surface area (Å²) in [6, 6.07) is 9.96. The van der Waals surface area contributed by atoms with Crippen molar-refractivity contribution in [3.8, 4) is 0 Å². The number of hydrogen-bond acceptors (Lipinski definition) is 3. The highest BCUT2D eigenvalue weighted by Gasteiger charge is 2.34. The van der Waals surface area contributed by atoms with Gasteiger partial charge in [-0.2, -0.15) is 0 Å². The van der Waals surface area contributed by atoms with Gasteiger partial charge < -0.3 is 11.1 Å². The number of amides is 2. The van der Waals surface area contributed by atoms with Gasteiger partial charge in [0.25, 0.3) is 0 Å². The number of nitrogens with zero attached hydrogens (tertiary/aromatic N) is 1. The summed E-state index contributed by atoms with van der Waals surface area (Å²) >= 11 is 0. The monoisotopic (exact) mass is 301 g/mol. The second-order valence-corrected chi connectivity index (χ2v) is 6.31. The molecule has 118 valence electrons. The van der Waals surface area contributed by atoms with Crippen molar-refractivity contribution in [1.82, 2.24) is 10.2 Å². The molecule has 5 nitrogen and oxygen atoms in total. The zero-order valence-corrected chi connectivity index (χ0v) is 12.7. The summed E-state index contributed by atoms with van der Waals surface area (Å²) < 4.78 is 0. The molecular formula is C17H23N3O2. The van der Waals surface area contributed by atoms with Gasteiger partial charge in [-0.3, -0.25) is 14.5 Å². The number of hydrogen-bond donors (Lipinski definition) is 2. The molecule has 1 atom stereocenters. The Hall–Kier alpha value is -1.88. The molecule has 0 spiro atoms. The number of carbonyl (C=O) groups is 2. The van der Waals surface area contributed by atoms with Crippen LogP contribution in [0.25, 0.3) is 0 Å². The molecule has 0 radical (unpaired) electrons. The number of piperidine rings is 1. The molecule has 1 aromatic carbocycles. The van der Waals surface area contributed by atoms with Crippen molar-refractivity contribution in [2.45, 2.75) is 37.8 Å². The number of likely N-dealkylation sites (tertiary alicyclic amines) is 1. The highest BCUT2D eigenvalue weighted by Crippen LogP contribution is 2.28. The first kappa shape index (κ1) is 15.0. The van der Waals surface area contributed by atoms with E-state index in [1.807, 2.05) is 30.3 Å². The first-order valence-corrected chi connectivity index (χ1v) is 8.04. The maximum atomic E-state index is 12.7.